The molecule has 2 aliphatic rings. The summed E-state index contributed by atoms with van der Waals surface area (Å²) >= 11 is 0. The highest BCUT2D eigenvalue weighted by Crippen LogP contribution is 2.33. The first-order chi connectivity index (χ1) is 10.4. The Morgan fingerprint density at radius 1 is 1.27 bits per heavy atom. The maximum absolute atomic E-state index is 12.7. The molecule has 2 fully saturated rings. The zero-order chi connectivity index (χ0) is 15.8. The first-order valence-electron chi connectivity index (χ1n) is 7.23. The normalized spacial score (nSPS) is 21.2. The van der Waals surface area contributed by atoms with Crippen LogP contribution in [0.4, 0.5) is 18.0 Å². The van der Waals surface area contributed by atoms with E-state index in [-0.39, 0.29) is 6.54 Å². The highest BCUT2D eigenvalue weighted by molar-refractivity contribution is 5.70. The van der Waals surface area contributed by atoms with Gasteiger partial charge < -0.3 is 10.1 Å². The van der Waals surface area contributed by atoms with Crippen molar-refractivity contribution in [3.05, 3.63) is 35.4 Å². The molecule has 1 spiro atoms. The van der Waals surface area contributed by atoms with Crippen molar-refractivity contribution in [2.75, 3.05) is 19.6 Å². The molecule has 2 heterocycles. The molecule has 120 valence electrons. The van der Waals surface area contributed by atoms with Crippen LogP contribution in [0.1, 0.15) is 24.0 Å². The van der Waals surface area contributed by atoms with Crippen LogP contribution in [-0.4, -0.2) is 36.2 Å². The Morgan fingerprint density at radius 2 is 2.00 bits per heavy atom. The van der Waals surface area contributed by atoms with Crippen LogP contribution in [0.3, 0.4) is 0 Å². The van der Waals surface area contributed by atoms with Gasteiger partial charge in [-0.05, 0) is 30.8 Å². The smallest absolute Gasteiger partial charge is 0.416 e. The van der Waals surface area contributed by atoms with Crippen LogP contribution in [0.2, 0.25) is 0 Å². The van der Waals surface area contributed by atoms with Crippen molar-refractivity contribution in [1.82, 2.24) is 10.2 Å². The van der Waals surface area contributed by atoms with E-state index in [1.807, 2.05) is 0 Å². The van der Waals surface area contributed by atoms with Gasteiger partial charge in [-0.1, -0.05) is 12.1 Å². The Morgan fingerprint density at radius 3 is 2.68 bits per heavy atom. The summed E-state index contributed by atoms with van der Waals surface area (Å²) < 4.78 is 43.7. The lowest BCUT2D eigenvalue weighted by Crippen LogP contribution is -2.44. The molecule has 0 unspecified atom stereocenters. The number of ether oxygens (including phenoxy) is 1. The zero-order valence-electron chi connectivity index (χ0n) is 11.9. The summed E-state index contributed by atoms with van der Waals surface area (Å²) in [4.78, 5) is 13.5. The van der Waals surface area contributed by atoms with E-state index in [2.05, 4.69) is 5.32 Å². The van der Waals surface area contributed by atoms with Crippen LogP contribution in [0.5, 0.6) is 0 Å². The van der Waals surface area contributed by atoms with Gasteiger partial charge >= 0.3 is 12.3 Å². The summed E-state index contributed by atoms with van der Waals surface area (Å²) in [6, 6.07) is 5.07. The Kier molecular flexibility index (Phi) is 3.76. The van der Waals surface area contributed by atoms with Gasteiger partial charge in [0.05, 0.1) is 12.1 Å². The number of benzene rings is 1. The van der Waals surface area contributed by atoms with Crippen LogP contribution < -0.4 is 5.32 Å². The third kappa shape index (κ3) is 3.04. The molecule has 0 aliphatic carbocycles. The van der Waals surface area contributed by atoms with E-state index in [0.717, 1.165) is 38.1 Å². The fourth-order valence-electron chi connectivity index (χ4n) is 3.02. The molecule has 7 heteroatoms. The van der Waals surface area contributed by atoms with Gasteiger partial charge in [0.1, 0.15) is 5.60 Å². The molecular weight excluding hydrogens is 297 g/mol. The van der Waals surface area contributed by atoms with Crippen molar-refractivity contribution in [1.29, 1.82) is 0 Å². The van der Waals surface area contributed by atoms with Gasteiger partial charge in [0, 0.05) is 19.4 Å². The highest BCUT2D eigenvalue weighted by atomic mass is 19.4. The van der Waals surface area contributed by atoms with E-state index in [4.69, 9.17) is 4.74 Å². The number of halogens is 3. The number of rotatable bonds is 2. The number of hydrogen-bond donors (Lipinski definition) is 1. The van der Waals surface area contributed by atoms with Crippen LogP contribution in [0, 0.1) is 0 Å². The molecule has 3 rings (SSSR count). The van der Waals surface area contributed by atoms with Gasteiger partial charge in [-0.15, -0.1) is 0 Å². The average molecular weight is 314 g/mol. The molecule has 4 nitrogen and oxygen atoms in total. The van der Waals surface area contributed by atoms with E-state index < -0.39 is 23.4 Å². The van der Waals surface area contributed by atoms with Gasteiger partial charge in [-0.25, -0.2) is 4.79 Å². The number of amides is 1. The lowest BCUT2D eigenvalue weighted by atomic mass is 9.92. The van der Waals surface area contributed by atoms with Gasteiger partial charge in [0.2, 0.25) is 0 Å². The molecule has 2 aliphatic heterocycles. The largest absolute Gasteiger partial charge is 0.441 e. The Hall–Kier alpha value is -1.76. The molecule has 1 aromatic rings. The number of carbonyl (C=O) groups is 1. The number of nitrogens with one attached hydrogen (secondary N) is 1. The Labute approximate surface area is 126 Å². The van der Waals surface area contributed by atoms with Crippen LogP contribution >= 0.6 is 0 Å². The molecule has 22 heavy (non-hydrogen) atoms. The van der Waals surface area contributed by atoms with Crippen molar-refractivity contribution in [2.24, 2.45) is 0 Å². The fourth-order valence-corrected chi connectivity index (χ4v) is 3.02. The second-order valence-corrected chi connectivity index (χ2v) is 5.86. The molecule has 0 radical (unpaired) electrons. The monoisotopic (exact) mass is 314 g/mol. The molecule has 2 saturated heterocycles. The molecular formula is C15H17F3N2O2. The zero-order valence-corrected chi connectivity index (χ0v) is 11.9. The summed E-state index contributed by atoms with van der Waals surface area (Å²) in [5.41, 5.74) is -0.726. The minimum atomic E-state index is -4.38. The second kappa shape index (κ2) is 5.46. The average Bonchev–Trinajstić information content (AvgIpc) is 2.74. The SMILES string of the molecule is O=C1OC2(CCNCC2)CN1Cc1cccc(C(F)(F)F)c1. The highest BCUT2D eigenvalue weighted by Gasteiger charge is 2.45. The van der Waals surface area contributed by atoms with Crippen molar-refractivity contribution in [3.8, 4) is 0 Å². The standard InChI is InChI=1S/C15H17F3N2O2/c16-15(17,18)12-3-1-2-11(8-12)9-20-10-14(22-13(20)21)4-6-19-7-5-14/h1-3,8,19H,4-7,9-10H2. The van der Waals surface area contributed by atoms with Crippen LogP contribution in [0.25, 0.3) is 0 Å². The van der Waals surface area contributed by atoms with E-state index in [9.17, 15) is 18.0 Å². The molecule has 1 amide bonds. The minimum absolute atomic E-state index is 0.137. The number of carbonyl (C=O) groups excluding carboxylic acids is 1. The van der Waals surface area contributed by atoms with Crippen LogP contribution in [-0.2, 0) is 17.5 Å². The van der Waals surface area contributed by atoms with Crippen LogP contribution in [0.15, 0.2) is 24.3 Å². The maximum atomic E-state index is 12.7. The van der Waals surface area contributed by atoms with Crippen molar-refractivity contribution < 1.29 is 22.7 Å². The maximum Gasteiger partial charge on any atom is 0.416 e. The molecule has 0 aromatic heterocycles. The summed E-state index contributed by atoms with van der Waals surface area (Å²) in [5.74, 6) is 0. The first-order valence-corrected chi connectivity index (χ1v) is 7.23. The predicted molar refractivity (Wildman–Crippen MR) is 73.2 cm³/mol. The quantitative estimate of drug-likeness (QED) is 0.913. The molecule has 1 aromatic carbocycles. The Balaban J connectivity index is 1.72. The van der Waals surface area contributed by atoms with Gasteiger partial charge in [-0.3, -0.25) is 4.90 Å². The van der Waals surface area contributed by atoms with E-state index in [1.165, 1.54) is 11.0 Å². The number of piperidine rings is 1. The summed E-state index contributed by atoms with van der Waals surface area (Å²) in [6.07, 6.45) is -3.35. The lowest BCUT2D eigenvalue weighted by molar-refractivity contribution is -0.137. The third-order valence-electron chi connectivity index (χ3n) is 4.18. The van der Waals surface area contributed by atoms with Gasteiger partial charge in [0.15, 0.2) is 0 Å². The van der Waals surface area contributed by atoms with Crippen molar-refractivity contribution in [3.63, 3.8) is 0 Å². The van der Waals surface area contributed by atoms with Crippen molar-refractivity contribution in [2.45, 2.75) is 31.2 Å². The summed E-state index contributed by atoms with van der Waals surface area (Å²) in [5, 5.41) is 3.20. The van der Waals surface area contributed by atoms with Gasteiger partial charge in [0.25, 0.3) is 0 Å². The summed E-state index contributed by atoms with van der Waals surface area (Å²) in [7, 11) is 0. The number of hydrogen-bond acceptors (Lipinski definition) is 3. The predicted octanol–water partition coefficient (Wildman–Crippen LogP) is 2.78. The minimum Gasteiger partial charge on any atom is -0.441 e. The number of nitrogens with zero attached hydrogens (tertiary/aromatic N) is 1. The van der Waals surface area contributed by atoms with Crippen molar-refractivity contribution >= 4 is 6.09 Å². The lowest BCUT2D eigenvalue weighted by Gasteiger charge is -2.31. The molecule has 0 bridgehead atoms. The topological polar surface area (TPSA) is 41.6 Å². The van der Waals surface area contributed by atoms with E-state index in [1.54, 1.807) is 6.07 Å². The first kappa shape index (κ1) is 15.1. The molecule has 0 atom stereocenters. The summed E-state index contributed by atoms with van der Waals surface area (Å²) in [6.45, 7) is 2.14. The van der Waals surface area contributed by atoms with E-state index in [0.29, 0.717) is 12.1 Å². The second-order valence-electron chi connectivity index (χ2n) is 5.86. The molecule has 1 N–H and O–H groups in total. The third-order valence-corrected chi connectivity index (χ3v) is 4.18. The van der Waals surface area contributed by atoms with E-state index >= 15 is 0 Å². The Bertz CT molecular complexity index is 568. The number of alkyl halides is 3. The fraction of sp³-hybridized carbons (Fsp3) is 0.533. The molecule has 0 saturated carbocycles. The van der Waals surface area contributed by atoms with Gasteiger partial charge in [-0.2, -0.15) is 13.2 Å².